The number of hydrogen-bond acceptors (Lipinski definition) is 2. The second kappa shape index (κ2) is 7.45. The maximum atomic E-state index is 12.0. The van der Waals surface area contributed by atoms with E-state index in [9.17, 15) is 4.79 Å². The number of nitrogens with one attached hydrogen (secondary N) is 2. The van der Waals surface area contributed by atoms with Crippen molar-refractivity contribution in [3.05, 3.63) is 78.4 Å². The number of anilines is 1. The zero-order chi connectivity index (χ0) is 15.9. The van der Waals surface area contributed by atoms with Gasteiger partial charge >= 0.3 is 0 Å². The summed E-state index contributed by atoms with van der Waals surface area (Å²) in [6, 6.07) is 24.4. The Morgan fingerprint density at radius 3 is 2.43 bits per heavy atom. The van der Waals surface area contributed by atoms with Crippen molar-refractivity contribution in [2.24, 2.45) is 0 Å². The van der Waals surface area contributed by atoms with Crippen LogP contribution in [-0.2, 0) is 11.2 Å². The lowest BCUT2D eigenvalue weighted by Crippen LogP contribution is -2.31. The Labute approximate surface area is 136 Å². The summed E-state index contributed by atoms with van der Waals surface area (Å²) in [4.78, 5) is 12.0. The predicted molar refractivity (Wildman–Crippen MR) is 95.6 cm³/mol. The maximum Gasteiger partial charge on any atom is 0.239 e. The Bertz CT molecular complexity index is 779. The van der Waals surface area contributed by atoms with Gasteiger partial charge in [-0.15, -0.1) is 0 Å². The average molecular weight is 304 g/mol. The minimum Gasteiger partial charge on any atom is -0.376 e. The molecular formula is C20H20N2O. The third-order valence-corrected chi connectivity index (χ3v) is 3.81. The summed E-state index contributed by atoms with van der Waals surface area (Å²) in [5.74, 6) is 0.00821. The molecule has 0 aliphatic rings. The van der Waals surface area contributed by atoms with E-state index in [0.29, 0.717) is 6.54 Å². The van der Waals surface area contributed by atoms with Gasteiger partial charge in [-0.3, -0.25) is 4.79 Å². The van der Waals surface area contributed by atoms with Crippen molar-refractivity contribution < 1.29 is 4.79 Å². The molecule has 3 aromatic rings. The first-order chi connectivity index (χ1) is 11.3. The minimum atomic E-state index is 0.00821. The zero-order valence-corrected chi connectivity index (χ0v) is 13.0. The van der Waals surface area contributed by atoms with Crippen LogP contribution in [0.1, 0.15) is 5.56 Å². The molecule has 0 fully saturated rings. The van der Waals surface area contributed by atoms with Crippen LogP contribution in [-0.4, -0.2) is 19.0 Å². The van der Waals surface area contributed by atoms with Crippen LogP contribution in [0, 0.1) is 0 Å². The molecule has 116 valence electrons. The number of rotatable bonds is 6. The summed E-state index contributed by atoms with van der Waals surface area (Å²) in [6.07, 6.45) is 0.848. The molecule has 0 unspecified atom stereocenters. The molecule has 1 amide bonds. The topological polar surface area (TPSA) is 41.1 Å². The third-order valence-electron chi connectivity index (χ3n) is 3.81. The fourth-order valence-corrected chi connectivity index (χ4v) is 2.61. The Hall–Kier alpha value is -2.81. The van der Waals surface area contributed by atoms with Crippen molar-refractivity contribution in [2.45, 2.75) is 6.42 Å². The first-order valence-electron chi connectivity index (χ1n) is 7.85. The van der Waals surface area contributed by atoms with Gasteiger partial charge in [-0.1, -0.05) is 66.7 Å². The molecule has 3 aromatic carbocycles. The number of carbonyl (C=O) groups is 1. The summed E-state index contributed by atoms with van der Waals surface area (Å²) < 4.78 is 0. The quantitative estimate of drug-likeness (QED) is 0.730. The Morgan fingerprint density at radius 1 is 0.826 bits per heavy atom. The van der Waals surface area contributed by atoms with Crippen LogP contribution in [0.2, 0.25) is 0 Å². The van der Waals surface area contributed by atoms with Gasteiger partial charge < -0.3 is 10.6 Å². The first kappa shape index (κ1) is 15.1. The van der Waals surface area contributed by atoms with Crippen molar-refractivity contribution >= 4 is 22.4 Å². The largest absolute Gasteiger partial charge is 0.376 e. The number of hydrogen-bond donors (Lipinski definition) is 2. The van der Waals surface area contributed by atoms with Gasteiger partial charge in [-0.25, -0.2) is 0 Å². The molecule has 3 nitrogen and oxygen atoms in total. The molecule has 0 aliphatic carbocycles. The molecular weight excluding hydrogens is 284 g/mol. The van der Waals surface area contributed by atoms with Crippen molar-refractivity contribution in [3.8, 4) is 0 Å². The standard InChI is InChI=1S/C20H20N2O/c23-20(21-14-13-16-7-2-1-3-8-16)15-22-19-12-6-10-17-9-4-5-11-18(17)19/h1-12,22H,13-15H2,(H,21,23). The maximum absolute atomic E-state index is 12.0. The van der Waals surface area contributed by atoms with E-state index in [4.69, 9.17) is 0 Å². The Morgan fingerprint density at radius 2 is 1.57 bits per heavy atom. The fourth-order valence-electron chi connectivity index (χ4n) is 2.61. The zero-order valence-electron chi connectivity index (χ0n) is 13.0. The summed E-state index contributed by atoms with van der Waals surface area (Å²) in [7, 11) is 0. The van der Waals surface area contributed by atoms with E-state index >= 15 is 0 Å². The first-order valence-corrected chi connectivity index (χ1v) is 7.85. The molecule has 0 saturated carbocycles. The van der Waals surface area contributed by atoms with Gasteiger partial charge in [-0.05, 0) is 23.4 Å². The van der Waals surface area contributed by atoms with Gasteiger partial charge in [-0.2, -0.15) is 0 Å². The summed E-state index contributed by atoms with van der Waals surface area (Å²) in [6.45, 7) is 0.933. The molecule has 0 spiro atoms. The van der Waals surface area contributed by atoms with E-state index in [1.54, 1.807) is 0 Å². The van der Waals surface area contributed by atoms with Crippen molar-refractivity contribution in [1.82, 2.24) is 5.32 Å². The van der Waals surface area contributed by atoms with E-state index < -0.39 is 0 Å². The van der Waals surface area contributed by atoms with E-state index in [0.717, 1.165) is 17.5 Å². The van der Waals surface area contributed by atoms with Crippen LogP contribution in [0.5, 0.6) is 0 Å². The third kappa shape index (κ3) is 4.10. The monoisotopic (exact) mass is 304 g/mol. The molecule has 0 bridgehead atoms. The predicted octanol–water partition coefficient (Wildman–Crippen LogP) is 3.61. The minimum absolute atomic E-state index is 0.00821. The Kier molecular flexibility index (Phi) is 4.89. The summed E-state index contributed by atoms with van der Waals surface area (Å²) in [5.41, 5.74) is 2.22. The second-order valence-corrected chi connectivity index (χ2v) is 5.47. The van der Waals surface area contributed by atoms with Gasteiger partial charge in [0.25, 0.3) is 0 Å². The molecule has 23 heavy (non-hydrogen) atoms. The van der Waals surface area contributed by atoms with Crippen LogP contribution in [0.3, 0.4) is 0 Å². The van der Waals surface area contributed by atoms with Crippen LogP contribution in [0.15, 0.2) is 72.8 Å². The van der Waals surface area contributed by atoms with Crippen LogP contribution in [0.25, 0.3) is 10.8 Å². The molecule has 3 rings (SSSR count). The highest BCUT2D eigenvalue weighted by Gasteiger charge is 2.03. The number of fused-ring (bicyclic) bond motifs is 1. The molecule has 0 radical (unpaired) electrons. The van der Waals surface area contributed by atoms with Crippen LogP contribution >= 0.6 is 0 Å². The lowest BCUT2D eigenvalue weighted by molar-refractivity contribution is -0.119. The van der Waals surface area contributed by atoms with Gasteiger partial charge in [0.1, 0.15) is 0 Å². The van der Waals surface area contributed by atoms with E-state index in [2.05, 4.69) is 41.0 Å². The molecule has 0 atom stereocenters. The van der Waals surface area contributed by atoms with E-state index in [1.807, 2.05) is 42.5 Å². The summed E-state index contributed by atoms with van der Waals surface area (Å²) >= 11 is 0. The molecule has 0 aromatic heterocycles. The molecule has 2 N–H and O–H groups in total. The molecule has 3 heteroatoms. The lowest BCUT2D eigenvalue weighted by atomic mass is 10.1. The number of carbonyl (C=O) groups excluding carboxylic acids is 1. The van der Waals surface area contributed by atoms with E-state index in [-0.39, 0.29) is 12.5 Å². The van der Waals surface area contributed by atoms with Gasteiger partial charge in [0.05, 0.1) is 6.54 Å². The smallest absolute Gasteiger partial charge is 0.239 e. The highest BCUT2D eigenvalue weighted by Crippen LogP contribution is 2.22. The lowest BCUT2D eigenvalue weighted by Gasteiger charge is -2.10. The highest BCUT2D eigenvalue weighted by molar-refractivity contribution is 5.95. The highest BCUT2D eigenvalue weighted by atomic mass is 16.1. The Balaban J connectivity index is 1.50. The average Bonchev–Trinajstić information content (AvgIpc) is 2.61. The van der Waals surface area contributed by atoms with E-state index in [1.165, 1.54) is 10.9 Å². The molecule has 0 aliphatic heterocycles. The van der Waals surface area contributed by atoms with Gasteiger partial charge in [0, 0.05) is 17.6 Å². The number of amides is 1. The van der Waals surface area contributed by atoms with Crippen LogP contribution in [0.4, 0.5) is 5.69 Å². The molecule has 0 saturated heterocycles. The van der Waals surface area contributed by atoms with Gasteiger partial charge in [0.2, 0.25) is 5.91 Å². The summed E-state index contributed by atoms with van der Waals surface area (Å²) in [5, 5.41) is 8.47. The van der Waals surface area contributed by atoms with Crippen molar-refractivity contribution in [1.29, 1.82) is 0 Å². The normalized spacial score (nSPS) is 10.4. The SMILES string of the molecule is O=C(CNc1cccc2ccccc12)NCCc1ccccc1. The van der Waals surface area contributed by atoms with Crippen molar-refractivity contribution in [2.75, 3.05) is 18.4 Å². The second-order valence-electron chi connectivity index (χ2n) is 5.47. The van der Waals surface area contributed by atoms with Crippen molar-refractivity contribution in [3.63, 3.8) is 0 Å². The number of benzene rings is 3. The van der Waals surface area contributed by atoms with Gasteiger partial charge in [0.15, 0.2) is 0 Å². The fraction of sp³-hybridized carbons (Fsp3) is 0.150. The molecule has 0 heterocycles. The van der Waals surface area contributed by atoms with Crippen LogP contribution < -0.4 is 10.6 Å².